The predicted molar refractivity (Wildman–Crippen MR) is 92.0 cm³/mol. The quantitative estimate of drug-likeness (QED) is 0.764. The molecule has 3 aromatic carbocycles. The minimum absolute atomic E-state index is 0.132. The summed E-state index contributed by atoms with van der Waals surface area (Å²) in [4.78, 5) is 0. The van der Waals surface area contributed by atoms with Crippen LogP contribution in [0.1, 0.15) is 16.7 Å². The van der Waals surface area contributed by atoms with Gasteiger partial charge in [-0.15, -0.1) is 0 Å². The van der Waals surface area contributed by atoms with E-state index < -0.39 is 0 Å². The van der Waals surface area contributed by atoms with E-state index in [1.807, 2.05) is 19.1 Å². The maximum absolute atomic E-state index is 13.4. The van der Waals surface area contributed by atoms with Gasteiger partial charge in [-0.25, -0.2) is 4.39 Å². The van der Waals surface area contributed by atoms with Gasteiger partial charge in [-0.05, 0) is 58.3 Å². The third-order valence-corrected chi connectivity index (χ3v) is 4.76. The van der Waals surface area contributed by atoms with Crippen LogP contribution in [-0.2, 0) is 13.2 Å². The number of aliphatic hydroxyl groups is 2. The normalized spacial score (nSPS) is 12.8. The summed E-state index contributed by atoms with van der Waals surface area (Å²) in [6, 6.07) is 9.84. The molecule has 2 N–H and O–H groups in total. The molecule has 0 fully saturated rings. The van der Waals surface area contributed by atoms with Crippen molar-refractivity contribution in [1.29, 1.82) is 0 Å². The Morgan fingerprint density at radius 1 is 0.960 bits per heavy atom. The van der Waals surface area contributed by atoms with E-state index in [2.05, 4.69) is 0 Å². The highest BCUT2D eigenvalue weighted by Crippen LogP contribution is 2.47. The molecule has 1 aliphatic rings. The topological polar surface area (TPSA) is 58.9 Å². The third kappa shape index (κ3) is 2.35. The second-order valence-electron chi connectivity index (χ2n) is 6.00. The maximum Gasteiger partial charge on any atom is 0.231 e. The summed E-state index contributed by atoms with van der Waals surface area (Å²) in [7, 11) is 0. The van der Waals surface area contributed by atoms with Gasteiger partial charge in [0.1, 0.15) is 5.82 Å². The van der Waals surface area contributed by atoms with Crippen molar-refractivity contribution in [3.63, 3.8) is 0 Å². The first-order valence-corrected chi connectivity index (χ1v) is 8.00. The molecule has 5 heteroatoms. The molecule has 128 valence electrons. The number of aliphatic hydroxyl groups excluding tert-OH is 2. The maximum atomic E-state index is 13.4. The van der Waals surface area contributed by atoms with Gasteiger partial charge in [0.2, 0.25) is 6.79 Å². The van der Waals surface area contributed by atoms with Crippen molar-refractivity contribution in [2.45, 2.75) is 20.1 Å². The van der Waals surface area contributed by atoms with E-state index in [-0.39, 0.29) is 25.8 Å². The standard InChI is InChI=1S/C20H17FO4/c1-11-14-6-7-17-20(25-10-24-17)19(14)18(16(9-23)15(11)8-22)12-2-4-13(21)5-3-12/h2-7,22-23H,8-10H2,1H3. The van der Waals surface area contributed by atoms with Crippen molar-refractivity contribution in [2.75, 3.05) is 6.79 Å². The van der Waals surface area contributed by atoms with Gasteiger partial charge in [0.15, 0.2) is 11.5 Å². The van der Waals surface area contributed by atoms with Gasteiger partial charge >= 0.3 is 0 Å². The molecule has 0 spiro atoms. The Morgan fingerprint density at radius 3 is 2.36 bits per heavy atom. The highest BCUT2D eigenvalue weighted by molar-refractivity contribution is 6.06. The summed E-state index contributed by atoms with van der Waals surface area (Å²) in [5.74, 6) is 0.910. The number of benzene rings is 3. The molecule has 4 rings (SSSR count). The molecule has 1 aliphatic heterocycles. The van der Waals surface area contributed by atoms with Crippen LogP contribution in [0.2, 0.25) is 0 Å². The smallest absolute Gasteiger partial charge is 0.231 e. The molecule has 0 saturated carbocycles. The van der Waals surface area contributed by atoms with Gasteiger partial charge in [0.25, 0.3) is 0 Å². The van der Waals surface area contributed by atoms with Crippen LogP contribution >= 0.6 is 0 Å². The minimum Gasteiger partial charge on any atom is -0.454 e. The van der Waals surface area contributed by atoms with Crippen molar-refractivity contribution in [3.05, 3.63) is 58.9 Å². The lowest BCUT2D eigenvalue weighted by atomic mass is 9.86. The van der Waals surface area contributed by atoms with Crippen molar-refractivity contribution in [2.24, 2.45) is 0 Å². The summed E-state index contributed by atoms with van der Waals surface area (Å²) < 4.78 is 24.6. The Morgan fingerprint density at radius 2 is 1.68 bits per heavy atom. The number of hydrogen-bond donors (Lipinski definition) is 2. The van der Waals surface area contributed by atoms with Crippen LogP contribution in [0.4, 0.5) is 4.39 Å². The molecule has 25 heavy (non-hydrogen) atoms. The number of halogens is 1. The predicted octanol–water partition coefficient (Wildman–Crippen LogP) is 3.67. The van der Waals surface area contributed by atoms with E-state index in [1.165, 1.54) is 12.1 Å². The molecule has 1 heterocycles. The van der Waals surface area contributed by atoms with Crippen LogP contribution in [0.3, 0.4) is 0 Å². The Balaban J connectivity index is 2.19. The van der Waals surface area contributed by atoms with Crippen molar-refractivity contribution in [1.82, 2.24) is 0 Å². The highest BCUT2D eigenvalue weighted by Gasteiger charge is 2.25. The number of rotatable bonds is 3. The first kappa shape index (κ1) is 15.9. The fourth-order valence-corrected chi connectivity index (χ4v) is 3.55. The minimum atomic E-state index is -0.335. The number of aryl methyl sites for hydroxylation is 1. The van der Waals surface area contributed by atoms with E-state index >= 15 is 0 Å². The molecule has 3 aromatic rings. The van der Waals surface area contributed by atoms with Crippen molar-refractivity contribution >= 4 is 10.8 Å². The number of hydrogen-bond acceptors (Lipinski definition) is 4. The number of fused-ring (bicyclic) bond motifs is 3. The Kier molecular flexibility index (Phi) is 3.82. The molecule has 4 nitrogen and oxygen atoms in total. The average molecular weight is 340 g/mol. The molecule has 0 aliphatic carbocycles. The zero-order valence-corrected chi connectivity index (χ0v) is 13.7. The Hall–Kier alpha value is -2.63. The van der Waals surface area contributed by atoms with E-state index in [0.717, 1.165) is 27.5 Å². The van der Waals surface area contributed by atoms with Crippen molar-refractivity contribution in [3.8, 4) is 22.6 Å². The molecule has 0 amide bonds. The monoisotopic (exact) mass is 340 g/mol. The van der Waals surface area contributed by atoms with Gasteiger partial charge in [0, 0.05) is 5.39 Å². The van der Waals surface area contributed by atoms with Gasteiger partial charge < -0.3 is 19.7 Å². The summed E-state index contributed by atoms with van der Waals surface area (Å²) >= 11 is 0. The molecule has 0 radical (unpaired) electrons. The van der Waals surface area contributed by atoms with Crippen LogP contribution < -0.4 is 9.47 Å². The molecule has 0 unspecified atom stereocenters. The van der Waals surface area contributed by atoms with Gasteiger partial charge in [0.05, 0.1) is 13.2 Å². The summed E-state index contributed by atoms with van der Waals surface area (Å²) in [6.45, 7) is 1.60. The third-order valence-electron chi connectivity index (χ3n) is 4.76. The summed E-state index contributed by atoms with van der Waals surface area (Å²) in [6.07, 6.45) is 0. The van der Waals surface area contributed by atoms with E-state index in [0.29, 0.717) is 22.6 Å². The second-order valence-corrected chi connectivity index (χ2v) is 6.00. The Bertz CT molecular complexity index is 964. The van der Waals surface area contributed by atoms with Crippen LogP contribution in [0.15, 0.2) is 36.4 Å². The van der Waals surface area contributed by atoms with Crippen LogP contribution in [-0.4, -0.2) is 17.0 Å². The van der Waals surface area contributed by atoms with Crippen LogP contribution in [0.5, 0.6) is 11.5 Å². The molecule has 0 saturated heterocycles. The lowest BCUT2D eigenvalue weighted by molar-refractivity contribution is 0.175. The molecular formula is C20H17FO4. The van der Waals surface area contributed by atoms with Crippen LogP contribution in [0, 0.1) is 12.7 Å². The van der Waals surface area contributed by atoms with Crippen LogP contribution in [0.25, 0.3) is 21.9 Å². The van der Waals surface area contributed by atoms with Gasteiger partial charge in [-0.3, -0.25) is 0 Å². The number of ether oxygens (including phenoxy) is 2. The molecular weight excluding hydrogens is 323 g/mol. The second kappa shape index (κ2) is 6.02. The SMILES string of the molecule is Cc1c(CO)c(CO)c(-c2ccc(F)cc2)c2c3c(ccc12)OCO3. The lowest BCUT2D eigenvalue weighted by Crippen LogP contribution is -2.03. The summed E-state index contributed by atoms with van der Waals surface area (Å²) in [5, 5.41) is 21.6. The zero-order valence-electron chi connectivity index (χ0n) is 13.7. The fraction of sp³-hybridized carbons (Fsp3) is 0.200. The van der Waals surface area contributed by atoms with Gasteiger partial charge in [-0.1, -0.05) is 18.2 Å². The lowest BCUT2D eigenvalue weighted by Gasteiger charge is -2.20. The largest absolute Gasteiger partial charge is 0.454 e. The molecule has 0 atom stereocenters. The fourth-order valence-electron chi connectivity index (χ4n) is 3.55. The molecule has 0 bridgehead atoms. The first-order chi connectivity index (χ1) is 12.2. The first-order valence-electron chi connectivity index (χ1n) is 8.00. The zero-order chi connectivity index (χ0) is 17.6. The van der Waals surface area contributed by atoms with E-state index in [4.69, 9.17) is 9.47 Å². The summed E-state index contributed by atoms with van der Waals surface area (Å²) in [5.41, 5.74) is 3.64. The average Bonchev–Trinajstić information content (AvgIpc) is 3.11. The van der Waals surface area contributed by atoms with E-state index in [9.17, 15) is 14.6 Å². The van der Waals surface area contributed by atoms with Crippen molar-refractivity contribution < 1.29 is 24.1 Å². The highest BCUT2D eigenvalue weighted by atomic mass is 19.1. The molecule has 0 aromatic heterocycles. The van der Waals surface area contributed by atoms with E-state index in [1.54, 1.807) is 12.1 Å². The Labute approximate surface area is 144 Å². The van der Waals surface area contributed by atoms with Gasteiger partial charge in [-0.2, -0.15) is 0 Å².